The van der Waals surface area contributed by atoms with Gasteiger partial charge in [-0.05, 0) is 18.6 Å². The molecule has 1 aromatic heterocycles. The molecule has 4 nitrogen and oxygen atoms in total. The summed E-state index contributed by atoms with van der Waals surface area (Å²) < 4.78 is 10.7. The van der Waals surface area contributed by atoms with Gasteiger partial charge in [0.1, 0.15) is 11.5 Å². The highest BCUT2D eigenvalue weighted by Crippen LogP contribution is 2.30. The molecule has 0 aliphatic rings. The molecule has 2 rings (SSSR count). The van der Waals surface area contributed by atoms with E-state index in [1.807, 2.05) is 11.4 Å². The fourth-order valence-electron chi connectivity index (χ4n) is 1.37. The second-order valence-electron chi connectivity index (χ2n) is 3.46. The maximum Gasteiger partial charge on any atom is 0.278 e. The summed E-state index contributed by atoms with van der Waals surface area (Å²) in [6.07, 6.45) is 0.907. The minimum atomic E-state index is 0.553. The number of nitrogens with zero attached hydrogens (tertiary/aromatic N) is 1. The molecule has 1 aromatic carbocycles. The van der Waals surface area contributed by atoms with E-state index in [0.29, 0.717) is 22.4 Å². The molecule has 0 aliphatic heterocycles. The number of benzene rings is 1. The molecule has 17 heavy (non-hydrogen) atoms. The van der Waals surface area contributed by atoms with Gasteiger partial charge in [-0.15, -0.1) is 0 Å². The normalized spacial score (nSPS) is 10.2. The molecule has 2 N–H and O–H groups in total. The first kappa shape index (κ1) is 11.7. The zero-order valence-electron chi connectivity index (χ0n) is 9.77. The van der Waals surface area contributed by atoms with Crippen LogP contribution in [0.3, 0.4) is 0 Å². The molecule has 0 unspecified atom stereocenters. The Bertz CT molecular complexity index is 511. The van der Waals surface area contributed by atoms with Crippen LogP contribution in [0.25, 0.3) is 0 Å². The fourth-order valence-corrected chi connectivity index (χ4v) is 2.14. The van der Waals surface area contributed by atoms with Crippen molar-refractivity contribution in [3.05, 3.63) is 29.3 Å². The maximum absolute atomic E-state index is 5.79. The van der Waals surface area contributed by atoms with Crippen LogP contribution in [0.15, 0.2) is 23.6 Å². The summed E-state index contributed by atoms with van der Waals surface area (Å²) in [5.74, 6) is 1.31. The van der Waals surface area contributed by atoms with Gasteiger partial charge in [-0.2, -0.15) is 0 Å². The minimum Gasteiger partial charge on any atom is -0.495 e. The summed E-state index contributed by atoms with van der Waals surface area (Å²) in [4.78, 5) is 4.32. The van der Waals surface area contributed by atoms with Gasteiger partial charge < -0.3 is 15.2 Å². The van der Waals surface area contributed by atoms with Crippen molar-refractivity contribution in [3.63, 3.8) is 0 Å². The predicted octanol–water partition coefficient (Wildman–Crippen LogP) is 3.09. The van der Waals surface area contributed by atoms with Gasteiger partial charge in [-0.25, -0.2) is 4.98 Å². The number of anilines is 1. The zero-order chi connectivity index (χ0) is 12.3. The Kier molecular flexibility index (Phi) is 3.49. The Hall–Kier alpha value is -1.75. The van der Waals surface area contributed by atoms with Gasteiger partial charge in [-0.3, -0.25) is 0 Å². The molecule has 5 heteroatoms. The number of hydrogen-bond donors (Lipinski definition) is 1. The van der Waals surface area contributed by atoms with E-state index in [2.05, 4.69) is 11.9 Å². The number of methoxy groups -OCH3 is 1. The van der Waals surface area contributed by atoms with Gasteiger partial charge in [0.25, 0.3) is 5.19 Å². The van der Waals surface area contributed by atoms with E-state index in [1.54, 1.807) is 19.2 Å². The van der Waals surface area contributed by atoms with Crippen LogP contribution in [0, 0.1) is 0 Å². The van der Waals surface area contributed by atoms with E-state index in [1.165, 1.54) is 11.3 Å². The maximum atomic E-state index is 5.79. The Balaban J connectivity index is 2.15. The van der Waals surface area contributed by atoms with Crippen molar-refractivity contribution in [1.29, 1.82) is 0 Å². The molecule has 2 aromatic rings. The van der Waals surface area contributed by atoms with Crippen molar-refractivity contribution in [3.8, 4) is 16.7 Å². The van der Waals surface area contributed by atoms with Gasteiger partial charge in [0.05, 0.1) is 18.5 Å². The first-order valence-electron chi connectivity index (χ1n) is 5.28. The molecule has 0 saturated carbocycles. The van der Waals surface area contributed by atoms with Crippen LogP contribution in [-0.4, -0.2) is 12.1 Å². The van der Waals surface area contributed by atoms with Crippen molar-refractivity contribution in [2.75, 3.05) is 12.8 Å². The SMILES string of the molecule is CCc1csc(Oc2ccc(OC)c(N)c2)n1. The fraction of sp³-hybridized carbons (Fsp3) is 0.250. The summed E-state index contributed by atoms with van der Waals surface area (Å²) in [5.41, 5.74) is 7.38. The molecule has 90 valence electrons. The summed E-state index contributed by atoms with van der Waals surface area (Å²) in [6, 6.07) is 5.31. The van der Waals surface area contributed by atoms with E-state index in [4.69, 9.17) is 15.2 Å². The van der Waals surface area contributed by atoms with Crippen molar-refractivity contribution >= 4 is 17.0 Å². The molecule has 1 heterocycles. The standard InChI is InChI=1S/C12H14N2O2S/c1-3-8-7-17-12(14-8)16-9-4-5-11(15-2)10(13)6-9/h4-7H,3,13H2,1-2H3. The van der Waals surface area contributed by atoms with Crippen LogP contribution in [-0.2, 0) is 6.42 Å². The molecule has 0 amide bonds. The van der Waals surface area contributed by atoms with Crippen LogP contribution in [0.2, 0.25) is 0 Å². The lowest BCUT2D eigenvalue weighted by Gasteiger charge is -2.06. The van der Waals surface area contributed by atoms with Crippen molar-refractivity contribution in [2.45, 2.75) is 13.3 Å². The van der Waals surface area contributed by atoms with Gasteiger partial charge >= 0.3 is 0 Å². The van der Waals surface area contributed by atoms with Crippen LogP contribution in [0.5, 0.6) is 16.7 Å². The van der Waals surface area contributed by atoms with E-state index in [9.17, 15) is 0 Å². The molecular weight excluding hydrogens is 236 g/mol. The average Bonchev–Trinajstić information content (AvgIpc) is 2.77. The number of hydrogen-bond acceptors (Lipinski definition) is 5. The first-order chi connectivity index (χ1) is 8.22. The van der Waals surface area contributed by atoms with E-state index < -0.39 is 0 Å². The molecule has 0 spiro atoms. The van der Waals surface area contributed by atoms with Crippen LogP contribution >= 0.6 is 11.3 Å². The summed E-state index contributed by atoms with van der Waals surface area (Å²) in [5, 5.41) is 2.62. The number of thiazole rings is 1. The Morgan fingerprint density at radius 2 is 2.24 bits per heavy atom. The van der Waals surface area contributed by atoms with E-state index >= 15 is 0 Å². The average molecular weight is 250 g/mol. The topological polar surface area (TPSA) is 57.4 Å². The van der Waals surface area contributed by atoms with Crippen molar-refractivity contribution in [2.24, 2.45) is 0 Å². The number of aryl methyl sites for hydroxylation is 1. The van der Waals surface area contributed by atoms with Crippen molar-refractivity contribution < 1.29 is 9.47 Å². The Morgan fingerprint density at radius 1 is 1.41 bits per heavy atom. The summed E-state index contributed by atoms with van der Waals surface area (Å²) in [7, 11) is 1.58. The molecule has 0 saturated heterocycles. The van der Waals surface area contributed by atoms with Crippen LogP contribution in [0.1, 0.15) is 12.6 Å². The summed E-state index contributed by atoms with van der Waals surface area (Å²) in [6.45, 7) is 2.06. The lowest BCUT2D eigenvalue weighted by atomic mass is 10.3. The molecule has 0 radical (unpaired) electrons. The third-order valence-electron chi connectivity index (χ3n) is 2.30. The lowest BCUT2D eigenvalue weighted by Crippen LogP contribution is -1.93. The largest absolute Gasteiger partial charge is 0.495 e. The van der Waals surface area contributed by atoms with Gasteiger partial charge in [0.2, 0.25) is 0 Å². The number of nitrogens with two attached hydrogens (primary N) is 1. The number of nitrogen functional groups attached to an aromatic ring is 1. The van der Waals surface area contributed by atoms with Gasteiger partial charge in [0.15, 0.2) is 0 Å². The highest BCUT2D eigenvalue weighted by atomic mass is 32.1. The predicted molar refractivity (Wildman–Crippen MR) is 69.0 cm³/mol. The second kappa shape index (κ2) is 5.05. The Labute approximate surface area is 104 Å². The summed E-state index contributed by atoms with van der Waals surface area (Å²) >= 11 is 1.48. The lowest BCUT2D eigenvalue weighted by molar-refractivity contribution is 0.415. The highest BCUT2D eigenvalue weighted by molar-refractivity contribution is 7.11. The number of ether oxygens (including phenoxy) is 2. The molecular formula is C12H14N2O2S. The third kappa shape index (κ3) is 2.68. The quantitative estimate of drug-likeness (QED) is 0.847. The number of rotatable bonds is 4. The zero-order valence-corrected chi connectivity index (χ0v) is 10.6. The number of aromatic nitrogens is 1. The van der Waals surface area contributed by atoms with Gasteiger partial charge in [-0.1, -0.05) is 18.3 Å². The molecule has 0 bridgehead atoms. The smallest absolute Gasteiger partial charge is 0.278 e. The molecule has 0 atom stereocenters. The van der Waals surface area contributed by atoms with Gasteiger partial charge in [0, 0.05) is 11.4 Å². The highest BCUT2D eigenvalue weighted by Gasteiger charge is 2.05. The van der Waals surface area contributed by atoms with Crippen LogP contribution < -0.4 is 15.2 Å². The molecule has 0 fully saturated rings. The van der Waals surface area contributed by atoms with Crippen LogP contribution in [0.4, 0.5) is 5.69 Å². The third-order valence-corrected chi connectivity index (χ3v) is 3.07. The van der Waals surface area contributed by atoms with E-state index in [-0.39, 0.29) is 0 Å². The van der Waals surface area contributed by atoms with Crippen molar-refractivity contribution in [1.82, 2.24) is 4.98 Å². The monoisotopic (exact) mass is 250 g/mol. The second-order valence-corrected chi connectivity index (χ2v) is 4.28. The first-order valence-corrected chi connectivity index (χ1v) is 6.16. The van der Waals surface area contributed by atoms with E-state index in [0.717, 1.165) is 12.1 Å². The molecule has 0 aliphatic carbocycles. The Morgan fingerprint density at radius 3 is 2.82 bits per heavy atom. The minimum absolute atomic E-state index is 0.553.